The van der Waals surface area contributed by atoms with Crippen molar-refractivity contribution >= 4 is 11.9 Å². The van der Waals surface area contributed by atoms with Gasteiger partial charge in [0.1, 0.15) is 11.3 Å². The molecule has 0 saturated carbocycles. The van der Waals surface area contributed by atoms with Gasteiger partial charge in [-0.25, -0.2) is 4.79 Å². The van der Waals surface area contributed by atoms with Crippen LogP contribution in [-0.2, 0) is 9.53 Å². The van der Waals surface area contributed by atoms with Gasteiger partial charge in [0.25, 0.3) is 5.91 Å². The molecule has 5 heteroatoms. The van der Waals surface area contributed by atoms with Gasteiger partial charge in [-0.1, -0.05) is 12.1 Å². The topological polar surface area (TPSA) is 66.8 Å². The van der Waals surface area contributed by atoms with Crippen LogP contribution >= 0.6 is 0 Å². The summed E-state index contributed by atoms with van der Waals surface area (Å²) in [7, 11) is 0. The maximum atomic E-state index is 12.1. The highest BCUT2D eigenvalue weighted by atomic mass is 16.5. The first kappa shape index (κ1) is 15.4. The van der Waals surface area contributed by atoms with Crippen LogP contribution in [0.2, 0.25) is 0 Å². The Hall–Kier alpha value is -2.04. The second-order valence-corrected chi connectivity index (χ2v) is 5.48. The Kier molecular flexibility index (Phi) is 4.83. The Labute approximate surface area is 124 Å². The lowest BCUT2D eigenvalue weighted by Gasteiger charge is -2.33. The molecule has 1 aromatic carbocycles. The summed E-state index contributed by atoms with van der Waals surface area (Å²) in [6.45, 7) is 4.14. The first-order valence-electron chi connectivity index (χ1n) is 7.26. The third-order valence-electron chi connectivity index (χ3n) is 3.91. The van der Waals surface area contributed by atoms with E-state index in [0.29, 0.717) is 12.1 Å². The standard InChI is InChI=1S/C16H21NO4/c1-11-6-5-8-13(15(11)19)16(20)21-10-14(18)17-9-4-3-7-12(17)2/h5-6,8,12,19H,3-4,7,9-10H2,1-2H3. The van der Waals surface area contributed by atoms with E-state index in [-0.39, 0.29) is 29.9 Å². The Balaban J connectivity index is 1.94. The summed E-state index contributed by atoms with van der Waals surface area (Å²) in [6.07, 6.45) is 3.10. The molecule has 1 aliphatic rings. The van der Waals surface area contributed by atoms with E-state index in [1.165, 1.54) is 6.07 Å². The van der Waals surface area contributed by atoms with E-state index < -0.39 is 5.97 Å². The molecule has 1 unspecified atom stereocenters. The molecule has 0 spiro atoms. The van der Waals surface area contributed by atoms with E-state index in [1.807, 2.05) is 6.92 Å². The molecule has 1 saturated heterocycles. The van der Waals surface area contributed by atoms with Gasteiger partial charge in [0.05, 0.1) is 0 Å². The van der Waals surface area contributed by atoms with E-state index in [4.69, 9.17) is 4.74 Å². The Morgan fingerprint density at radius 1 is 1.38 bits per heavy atom. The zero-order chi connectivity index (χ0) is 15.4. The number of hydrogen-bond donors (Lipinski definition) is 1. The largest absolute Gasteiger partial charge is 0.507 e. The number of amides is 1. The molecule has 1 fully saturated rings. The number of nitrogens with zero attached hydrogens (tertiary/aromatic N) is 1. The average Bonchev–Trinajstić information content (AvgIpc) is 2.47. The lowest BCUT2D eigenvalue weighted by atomic mass is 10.0. The van der Waals surface area contributed by atoms with Crippen LogP contribution in [0, 0.1) is 6.92 Å². The highest BCUT2D eigenvalue weighted by Crippen LogP contribution is 2.22. The number of phenolic OH excluding ortho intramolecular Hbond substituents is 1. The average molecular weight is 291 g/mol. The fourth-order valence-electron chi connectivity index (χ4n) is 2.58. The molecule has 2 rings (SSSR count). The van der Waals surface area contributed by atoms with Crippen LogP contribution in [0.15, 0.2) is 18.2 Å². The maximum Gasteiger partial charge on any atom is 0.342 e. The Morgan fingerprint density at radius 3 is 2.86 bits per heavy atom. The summed E-state index contributed by atoms with van der Waals surface area (Å²) >= 11 is 0. The first-order valence-corrected chi connectivity index (χ1v) is 7.26. The zero-order valence-corrected chi connectivity index (χ0v) is 12.5. The third kappa shape index (κ3) is 3.54. The number of hydrogen-bond acceptors (Lipinski definition) is 4. The molecule has 0 bridgehead atoms. The van der Waals surface area contributed by atoms with Gasteiger partial charge in [0.15, 0.2) is 6.61 Å². The van der Waals surface area contributed by atoms with Crippen molar-refractivity contribution in [2.75, 3.05) is 13.2 Å². The van der Waals surface area contributed by atoms with Gasteiger partial charge in [0.2, 0.25) is 0 Å². The number of ether oxygens (including phenoxy) is 1. The Bertz CT molecular complexity index is 541. The summed E-state index contributed by atoms with van der Waals surface area (Å²) in [4.78, 5) is 25.8. The van der Waals surface area contributed by atoms with Crippen LogP contribution in [-0.4, -0.2) is 41.1 Å². The van der Waals surface area contributed by atoms with Crippen molar-refractivity contribution < 1.29 is 19.4 Å². The molecule has 1 amide bonds. The third-order valence-corrected chi connectivity index (χ3v) is 3.91. The summed E-state index contributed by atoms with van der Waals surface area (Å²) in [5.74, 6) is -0.946. The molecule has 0 aliphatic carbocycles. The molecule has 114 valence electrons. The van der Waals surface area contributed by atoms with Crippen molar-refractivity contribution in [2.24, 2.45) is 0 Å². The van der Waals surface area contributed by atoms with Crippen molar-refractivity contribution in [3.63, 3.8) is 0 Å². The molecular weight excluding hydrogens is 270 g/mol. The van der Waals surface area contributed by atoms with Crippen molar-refractivity contribution in [3.8, 4) is 5.75 Å². The van der Waals surface area contributed by atoms with Crippen LogP contribution in [0.25, 0.3) is 0 Å². The smallest absolute Gasteiger partial charge is 0.342 e. The van der Waals surface area contributed by atoms with Crippen molar-refractivity contribution in [2.45, 2.75) is 39.2 Å². The summed E-state index contributed by atoms with van der Waals surface area (Å²) in [6, 6.07) is 5.04. The van der Waals surface area contributed by atoms with E-state index in [2.05, 4.69) is 0 Å². The van der Waals surface area contributed by atoms with E-state index in [9.17, 15) is 14.7 Å². The van der Waals surface area contributed by atoms with Crippen LogP contribution in [0.1, 0.15) is 42.1 Å². The van der Waals surface area contributed by atoms with E-state index in [0.717, 1.165) is 19.3 Å². The fourth-order valence-corrected chi connectivity index (χ4v) is 2.58. The second-order valence-electron chi connectivity index (χ2n) is 5.48. The normalized spacial score (nSPS) is 18.4. The second kappa shape index (κ2) is 6.61. The number of aromatic hydroxyl groups is 1. The minimum atomic E-state index is -0.672. The quantitative estimate of drug-likeness (QED) is 0.867. The molecule has 21 heavy (non-hydrogen) atoms. The van der Waals surface area contributed by atoms with Crippen LogP contribution < -0.4 is 0 Å². The predicted molar refractivity (Wildman–Crippen MR) is 78.2 cm³/mol. The van der Waals surface area contributed by atoms with Crippen molar-refractivity contribution in [1.82, 2.24) is 4.90 Å². The van der Waals surface area contributed by atoms with E-state index in [1.54, 1.807) is 24.0 Å². The molecule has 0 radical (unpaired) electrons. The highest BCUT2D eigenvalue weighted by Gasteiger charge is 2.24. The van der Waals surface area contributed by atoms with Crippen molar-refractivity contribution in [3.05, 3.63) is 29.3 Å². The molecule has 1 aliphatic heterocycles. The lowest BCUT2D eigenvalue weighted by molar-refractivity contribution is -0.137. The van der Waals surface area contributed by atoms with Crippen LogP contribution in [0.3, 0.4) is 0 Å². The van der Waals surface area contributed by atoms with Gasteiger partial charge in [-0.15, -0.1) is 0 Å². The number of aryl methyl sites for hydroxylation is 1. The minimum Gasteiger partial charge on any atom is -0.507 e. The van der Waals surface area contributed by atoms with Gasteiger partial charge >= 0.3 is 5.97 Å². The number of piperidine rings is 1. The minimum absolute atomic E-state index is 0.0921. The van der Waals surface area contributed by atoms with Gasteiger partial charge in [0, 0.05) is 12.6 Å². The van der Waals surface area contributed by atoms with Crippen LogP contribution in [0.4, 0.5) is 0 Å². The van der Waals surface area contributed by atoms with Crippen molar-refractivity contribution in [1.29, 1.82) is 0 Å². The summed E-state index contributed by atoms with van der Waals surface area (Å²) in [5, 5.41) is 9.83. The molecule has 0 aromatic heterocycles. The molecule has 5 nitrogen and oxygen atoms in total. The molecule has 1 N–H and O–H groups in total. The molecule has 1 heterocycles. The molecule has 1 aromatic rings. The number of benzene rings is 1. The Morgan fingerprint density at radius 2 is 2.14 bits per heavy atom. The number of carbonyl (C=O) groups is 2. The van der Waals surface area contributed by atoms with Gasteiger partial charge < -0.3 is 14.7 Å². The number of carbonyl (C=O) groups excluding carboxylic acids is 2. The maximum absolute atomic E-state index is 12.1. The van der Waals surface area contributed by atoms with E-state index >= 15 is 0 Å². The van der Waals surface area contributed by atoms with Gasteiger partial charge in [-0.05, 0) is 44.7 Å². The highest BCUT2D eigenvalue weighted by molar-refractivity contribution is 5.94. The summed E-state index contributed by atoms with van der Waals surface area (Å²) < 4.78 is 5.04. The first-order chi connectivity index (χ1) is 10.0. The SMILES string of the molecule is Cc1cccc(C(=O)OCC(=O)N2CCCCC2C)c1O. The van der Waals surface area contributed by atoms with Crippen LogP contribution in [0.5, 0.6) is 5.75 Å². The lowest BCUT2D eigenvalue weighted by Crippen LogP contribution is -2.44. The number of para-hydroxylation sites is 1. The number of phenols is 1. The number of likely N-dealkylation sites (tertiary alicyclic amines) is 1. The fraction of sp³-hybridized carbons (Fsp3) is 0.500. The van der Waals surface area contributed by atoms with Gasteiger partial charge in [-0.3, -0.25) is 4.79 Å². The monoisotopic (exact) mass is 291 g/mol. The molecule has 1 atom stereocenters. The number of esters is 1. The van der Waals surface area contributed by atoms with Gasteiger partial charge in [-0.2, -0.15) is 0 Å². The summed E-state index contributed by atoms with van der Waals surface area (Å²) in [5.41, 5.74) is 0.690. The zero-order valence-electron chi connectivity index (χ0n) is 12.5. The predicted octanol–water partition coefficient (Wildman–Crippen LogP) is 2.26. The molecular formula is C16H21NO4. The number of rotatable bonds is 3.